The van der Waals surface area contributed by atoms with Crippen LogP contribution in [0.3, 0.4) is 0 Å². The highest BCUT2D eigenvalue weighted by Gasteiger charge is 2.30. The van der Waals surface area contributed by atoms with Crippen molar-refractivity contribution in [1.29, 1.82) is 0 Å². The van der Waals surface area contributed by atoms with Gasteiger partial charge in [0.15, 0.2) is 0 Å². The molecule has 2 saturated heterocycles. The van der Waals surface area contributed by atoms with Gasteiger partial charge in [0, 0.05) is 49.4 Å². The van der Waals surface area contributed by atoms with Crippen molar-refractivity contribution in [1.82, 2.24) is 19.2 Å². The molecule has 5 rings (SSSR count). The Kier molecular flexibility index (Phi) is 8.60. The summed E-state index contributed by atoms with van der Waals surface area (Å²) >= 11 is 0. The van der Waals surface area contributed by atoms with Crippen LogP contribution in [0.15, 0.2) is 58.3 Å². The Balaban J connectivity index is 1.14. The second-order valence-electron chi connectivity index (χ2n) is 10.8. The van der Waals surface area contributed by atoms with E-state index in [9.17, 15) is 26.4 Å². The minimum atomic E-state index is -3.61. The van der Waals surface area contributed by atoms with Crippen LogP contribution in [0.4, 0.5) is 0 Å². The first-order chi connectivity index (χ1) is 19.1. The third-order valence-corrected chi connectivity index (χ3v) is 11.8. The van der Waals surface area contributed by atoms with E-state index >= 15 is 0 Å². The smallest absolute Gasteiger partial charge is 0.251 e. The molecule has 1 aliphatic carbocycles. The zero-order chi connectivity index (χ0) is 28.3. The monoisotopic (exact) mass is 588 g/mol. The number of benzene rings is 2. The minimum Gasteiger partial charge on any atom is -0.349 e. The number of sulfonamides is 2. The fourth-order valence-corrected chi connectivity index (χ4v) is 8.80. The van der Waals surface area contributed by atoms with Crippen molar-refractivity contribution in [3.05, 3.63) is 59.7 Å². The van der Waals surface area contributed by atoms with E-state index in [4.69, 9.17) is 0 Å². The molecular formula is C28H36N4O6S2. The van der Waals surface area contributed by atoms with Gasteiger partial charge in [0.1, 0.15) is 0 Å². The predicted molar refractivity (Wildman–Crippen MR) is 150 cm³/mol. The molecule has 2 aromatic carbocycles. The Morgan fingerprint density at radius 3 is 1.30 bits per heavy atom. The van der Waals surface area contributed by atoms with Crippen LogP contribution in [0.25, 0.3) is 0 Å². The lowest BCUT2D eigenvalue weighted by atomic mass is 9.90. The third-order valence-electron chi connectivity index (χ3n) is 8.00. The zero-order valence-electron chi connectivity index (χ0n) is 22.4. The fourth-order valence-electron chi connectivity index (χ4n) is 5.67. The maximum absolute atomic E-state index is 12.9. The summed E-state index contributed by atoms with van der Waals surface area (Å²) in [5, 5.41) is 6.02. The van der Waals surface area contributed by atoms with Crippen LogP contribution in [0.2, 0.25) is 0 Å². The van der Waals surface area contributed by atoms with Gasteiger partial charge in [-0.1, -0.05) is 12.1 Å². The van der Waals surface area contributed by atoms with Gasteiger partial charge in [-0.05, 0) is 87.8 Å². The molecule has 12 heteroatoms. The number of carbonyl (C=O) groups excluding carboxylic acids is 2. The second-order valence-corrected chi connectivity index (χ2v) is 14.6. The maximum Gasteiger partial charge on any atom is 0.251 e. The summed E-state index contributed by atoms with van der Waals surface area (Å²) in [5.74, 6) is -0.635. The van der Waals surface area contributed by atoms with Crippen molar-refractivity contribution in [3.63, 3.8) is 0 Å². The Morgan fingerprint density at radius 2 is 0.950 bits per heavy atom. The summed E-state index contributed by atoms with van der Waals surface area (Å²) in [6, 6.07) is 12.2. The summed E-state index contributed by atoms with van der Waals surface area (Å²) in [4.78, 5) is 26.1. The molecule has 0 bridgehead atoms. The minimum absolute atomic E-state index is 0.0894. The number of nitrogens with zero attached hydrogens (tertiary/aromatic N) is 2. The van der Waals surface area contributed by atoms with E-state index in [0.717, 1.165) is 25.7 Å². The molecule has 2 heterocycles. The molecule has 10 nitrogen and oxygen atoms in total. The molecule has 0 spiro atoms. The topological polar surface area (TPSA) is 133 Å². The quantitative estimate of drug-likeness (QED) is 0.487. The first-order valence-corrected chi connectivity index (χ1v) is 16.8. The van der Waals surface area contributed by atoms with E-state index in [0.29, 0.717) is 63.0 Å². The summed E-state index contributed by atoms with van der Waals surface area (Å²) in [6.07, 6.45) is 6.01. The van der Waals surface area contributed by atoms with Gasteiger partial charge in [0.2, 0.25) is 20.0 Å². The van der Waals surface area contributed by atoms with Gasteiger partial charge in [-0.15, -0.1) is 0 Å². The third kappa shape index (κ3) is 6.24. The van der Waals surface area contributed by atoms with Crippen LogP contribution in [-0.2, 0) is 20.0 Å². The first kappa shape index (κ1) is 28.7. The number of nitrogens with one attached hydrogen (secondary N) is 2. The van der Waals surface area contributed by atoms with Crippen LogP contribution < -0.4 is 10.6 Å². The van der Waals surface area contributed by atoms with Crippen molar-refractivity contribution in [2.75, 3.05) is 26.2 Å². The average molecular weight is 589 g/mol. The van der Waals surface area contributed by atoms with Gasteiger partial charge in [-0.2, -0.15) is 8.61 Å². The van der Waals surface area contributed by atoms with Crippen LogP contribution in [0, 0.1) is 0 Å². The molecule has 2 aliphatic heterocycles. The SMILES string of the molecule is O=C(NC1CCC(NC(=O)c2cccc(S(=O)(=O)N3CCCC3)c2)CC1)c1cccc(S(=O)(=O)N2CCCC2)c1. The molecule has 216 valence electrons. The highest BCUT2D eigenvalue weighted by molar-refractivity contribution is 7.89. The number of amides is 2. The zero-order valence-corrected chi connectivity index (χ0v) is 24.1. The number of hydrogen-bond acceptors (Lipinski definition) is 6. The standard InChI is InChI=1S/C28H36N4O6S2/c33-27(21-7-5-9-25(19-21)39(35,36)31-15-1-2-16-31)29-23-11-13-24(14-12-23)30-28(34)22-8-6-10-26(20-22)40(37,38)32-17-3-4-18-32/h5-10,19-20,23-24H,1-4,11-18H2,(H,29,33)(H,30,34). The molecule has 2 aromatic rings. The molecule has 3 fully saturated rings. The molecule has 0 atom stereocenters. The van der Waals surface area contributed by atoms with Gasteiger partial charge in [-0.25, -0.2) is 16.8 Å². The molecule has 2 N–H and O–H groups in total. The Labute approximate surface area is 236 Å². The lowest BCUT2D eigenvalue weighted by Crippen LogP contribution is -2.43. The molecular weight excluding hydrogens is 552 g/mol. The van der Waals surface area contributed by atoms with Crippen LogP contribution in [-0.4, -0.2) is 75.5 Å². The highest BCUT2D eigenvalue weighted by atomic mass is 32.2. The molecule has 3 aliphatic rings. The highest BCUT2D eigenvalue weighted by Crippen LogP contribution is 2.24. The van der Waals surface area contributed by atoms with Gasteiger partial charge in [0.25, 0.3) is 11.8 Å². The summed E-state index contributed by atoms with van der Waals surface area (Å²) < 4.78 is 54.4. The van der Waals surface area contributed by atoms with E-state index in [2.05, 4.69) is 10.6 Å². The number of rotatable bonds is 8. The Morgan fingerprint density at radius 1 is 0.600 bits per heavy atom. The number of hydrogen-bond donors (Lipinski definition) is 2. The molecule has 0 aromatic heterocycles. The summed E-state index contributed by atoms with van der Waals surface area (Å²) in [6.45, 7) is 2.01. The van der Waals surface area contributed by atoms with E-state index in [1.54, 1.807) is 24.3 Å². The molecule has 0 radical (unpaired) electrons. The Bertz CT molecular complexity index is 1350. The Hall–Kier alpha value is -2.80. The first-order valence-electron chi connectivity index (χ1n) is 14.0. The van der Waals surface area contributed by atoms with E-state index < -0.39 is 20.0 Å². The molecule has 2 amide bonds. The van der Waals surface area contributed by atoms with Crippen LogP contribution in [0.5, 0.6) is 0 Å². The molecule has 0 unspecified atom stereocenters. The predicted octanol–water partition coefficient (Wildman–Crippen LogP) is 2.73. The second kappa shape index (κ2) is 12.0. The number of carbonyl (C=O) groups is 2. The lowest BCUT2D eigenvalue weighted by Gasteiger charge is -2.29. The fraction of sp³-hybridized carbons (Fsp3) is 0.500. The maximum atomic E-state index is 12.9. The largest absolute Gasteiger partial charge is 0.349 e. The lowest BCUT2D eigenvalue weighted by molar-refractivity contribution is 0.0891. The summed E-state index contributed by atoms with van der Waals surface area (Å²) in [7, 11) is -7.22. The van der Waals surface area contributed by atoms with Crippen molar-refractivity contribution in [2.45, 2.75) is 73.2 Å². The van der Waals surface area contributed by atoms with Crippen molar-refractivity contribution < 1.29 is 26.4 Å². The van der Waals surface area contributed by atoms with Crippen molar-refractivity contribution in [3.8, 4) is 0 Å². The van der Waals surface area contributed by atoms with E-state index in [1.165, 1.54) is 32.9 Å². The average Bonchev–Trinajstić information content (AvgIpc) is 3.70. The molecule has 40 heavy (non-hydrogen) atoms. The van der Waals surface area contributed by atoms with E-state index in [1.807, 2.05) is 0 Å². The van der Waals surface area contributed by atoms with Gasteiger partial charge in [-0.3, -0.25) is 9.59 Å². The van der Waals surface area contributed by atoms with Crippen LogP contribution >= 0.6 is 0 Å². The summed E-state index contributed by atoms with van der Waals surface area (Å²) in [5.41, 5.74) is 0.610. The van der Waals surface area contributed by atoms with Gasteiger partial charge < -0.3 is 10.6 Å². The van der Waals surface area contributed by atoms with Crippen LogP contribution in [0.1, 0.15) is 72.1 Å². The van der Waals surface area contributed by atoms with E-state index in [-0.39, 0.29) is 33.7 Å². The van der Waals surface area contributed by atoms with Gasteiger partial charge >= 0.3 is 0 Å². The normalized spacial score (nSPS) is 22.7. The van der Waals surface area contributed by atoms with Gasteiger partial charge in [0.05, 0.1) is 9.79 Å². The molecule has 1 saturated carbocycles. The van der Waals surface area contributed by atoms with Crippen molar-refractivity contribution >= 4 is 31.9 Å². The van der Waals surface area contributed by atoms with Crippen molar-refractivity contribution in [2.24, 2.45) is 0 Å².